The first-order valence-electron chi connectivity index (χ1n) is 4.95. The lowest BCUT2D eigenvalue weighted by atomic mass is 10.0. The van der Waals surface area contributed by atoms with Gasteiger partial charge in [0.2, 0.25) is 0 Å². The predicted molar refractivity (Wildman–Crippen MR) is 65.1 cm³/mol. The van der Waals surface area contributed by atoms with E-state index >= 15 is 0 Å². The zero-order valence-electron chi connectivity index (χ0n) is 9.08. The molecule has 0 aliphatic carbocycles. The van der Waals surface area contributed by atoms with Crippen molar-refractivity contribution in [1.29, 1.82) is 0 Å². The van der Waals surface area contributed by atoms with E-state index in [-0.39, 0.29) is 5.56 Å². The second-order valence-corrected chi connectivity index (χ2v) is 3.92. The zero-order chi connectivity index (χ0) is 12.4. The van der Waals surface area contributed by atoms with E-state index in [4.69, 9.17) is 16.3 Å². The van der Waals surface area contributed by atoms with Gasteiger partial charge in [0, 0.05) is 5.02 Å². The molecular formula is C13H10ClFO2. The van der Waals surface area contributed by atoms with Crippen molar-refractivity contribution in [2.45, 2.75) is 0 Å². The third kappa shape index (κ3) is 2.19. The van der Waals surface area contributed by atoms with Crippen molar-refractivity contribution in [3.63, 3.8) is 0 Å². The molecule has 0 aliphatic rings. The third-order valence-electron chi connectivity index (χ3n) is 2.42. The highest BCUT2D eigenvalue weighted by Crippen LogP contribution is 2.37. The van der Waals surface area contributed by atoms with Crippen molar-refractivity contribution in [3.8, 4) is 22.6 Å². The molecule has 4 heteroatoms. The second kappa shape index (κ2) is 4.63. The summed E-state index contributed by atoms with van der Waals surface area (Å²) < 4.78 is 19.0. The molecule has 2 rings (SSSR count). The number of rotatable bonds is 2. The van der Waals surface area contributed by atoms with E-state index in [9.17, 15) is 9.50 Å². The lowest BCUT2D eigenvalue weighted by Gasteiger charge is -2.11. The molecule has 0 fully saturated rings. The van der Waals surface area contributed by atoms with E-state index in [2.05, 4.69) is 0 Å². The van der Waals surface area contributed by atoms with Crippen LogP contribution in [0.1, 0.15) is 0 Å². The molecule has 0 aliphatic heterocycles. The minimum atomic E-state index is -0.716. The molecule has 0 radical (unpaired) electrons. The van der Waals surface area contributed by atoms with E-state index in [0.717, 1.165) is 0 Å². The first kappa shape index (κ1) is 11.7. The van der Waals surface area contributed by atoms with E-state index < -0.39 is 11.6 Å². The number of hydrogen-bond acceptors (Lipinski definition) is 2. The van der Waals surface area contributed by atoms with Crippen LogP contribution < -0.4 is 4.74 Å². The van der Waals surface area contributed by atoms with Gasteiger partial charge in [0.15, 0.2) is 11.6 Å². The lowest BCUT2D eigenvalue weighted by Crippen LogP contribution is -1.92. The number of methoxy groups -OCH3 is 1. The third-order valence-corrected chi connectivity index (χ3v) is 2.65. The Labute approximate surface area is 103 Å². The van der Waals surface area contributed by atoms with Crippen LogP contribution in [0.3, 0.4) is 0 Å². The average molecular weight is 253 g/mol. The van der Waals surface area contributed by atoms with Gasteiger partial charge < -0.3 is 9.84 Å². The summed E-state index contributed by atoms with van der Waals surface area (Å²) >= 11 is 5.86. The van der Waals surface area contributed by atoms with Gasteiger partial charge in [-0.05, 0) is 29.8 Å². The summed E-state index contributed by atoms with van der Waals surface area (Å²) in [6.45, 7) is 0. The highest BCUT2D eigenvalue weighted by molar-refractivity contribution is 6.30. The van der Waals surface area contributed by atoms with Crippen LogP contribution in [0.5, 0.6) is 11.5 Å². The van der Waals surface area contributed by atoms with Crippen LogP contribution in [0.4, 0.5) is 4.39 Å². The summed E-state index contributed by atoms with van der Waals surface area (Å²) in [6, 6.07) is 9.48. The standard InChI is InChI=1S/C13H10ClFO2/c1-17-11-6-5-10(16)13(15)12(11)8-3-2-4-9(14)7-8/h2-7,16H,1H3. The van der Waals surface area contributed by atoms with Gasteiger partial charge >= 0.3 is 0 Å². The molecule has 0 bridgehead atoms. The molecule has 0 spiro atoms. The Balaban J connectivity index is 2.69. The van der Waals surface area contributed by atoms with Gasteiger partial charge in [0.25, 0.3) is 0 Å². The fourth-order valence-electron chi connectivity index (χ4n) is 1.63. The van der Waals surface area contributed by atoms with Gasteiger partial charge in [-0.1, -0.05) is 23.7 Å². The molecular weight excluding hydrogens is 243 g/mol. The van der Waals surface area contributed by atoms with Crippen LogP contribution in [0, 0.1) is 5.82 Å². The first-order chi connectivity index (χ1) is 8.13. The minimum Gasteiger partial charge on any atom is -0.505 e. The van der Waals surface area contributed by atoms with Crippen LogP contribution in [-0.2, 0) is 0 Å². The molecule has 17 heavy (non-hydrogen) atoms. The highest BCUT2D eigenvalue weighted by atomic mass is 35.5. The highest BCUT2D eigenvalue weighted by Gasteiger charge is 2.15. The first-order valence-corrected chi connectivity index (χ1v) is 5.32. The van der Waals surface area contributed by atoms with E-state index in [1.54, 1.807) is 24.3 Å². The number of aromatic hydroxyl groups is 1. The molecule has 0 aromatic heterocycles. The van der Waals surface area contributed by atoms with Gasteiger partial charge in [0.1, 0.15) is 5.75 Å². The summed E-state index contributed by atoms with van der Waals surface area (Å²) in [5, 5.41) is 9.88. The molecule has 88 valence electrons. The lowest BCUT2D eigenvalue weighted by molar-refractivity contribution is 0.402. The SMILES string of the molecule is COc1ccc(O)c(F)c1-c1cccc(Cl)c1. The van der Waals surface area contributed by atoms with Gasteiger partial charge in [-0.15, -0.1) is 0 Å². The van der Waals surface area contributed by atoms with E-state index in [0.29, 0.717) is 16.3 Å². The Bertz CT molecular complexity index is 555. The molecule has 0 heterocycles. The zero-order valence-corrected chi connectivity index (χ0v) is 9.83. The van der Waals surface area contributed by atoms with Crippen LogP contribution in [0.25, 0.3) is 11.1 Å². The summed E-state index contributed by atoms with van der Waals surface area (Å²) in [4.78, 5) is 0. The van der Waals surface area contributed by atoms with Crippen molar-refractivity contribution in [1.82, 2.24) is 0 Å². The fourth-order valence-corrected chi connectivity index (χ4v) is 1.82. The van der Waals surface area contributed by atoms with Gasteiger partial charge in [0.05, 0.1) is 12.7 Å². The van der Waals surface area contributed by atoms with Gasteiger partial charge in [-0.25, -0.2) is 4.39 Å². The molecule has 2 aromatic carbocycles. The van der Waals surface area contributed by atoms with Crippen molar-refractivity contribution in [2.24, 2.45) is 0 Å². The van der Waals surface area contributed by atoms with Gasteiger partial charge in [-0.3, -0.25) is 0 Å². The van der Waals surface area contributed by atoms with Crippen LogP contribution in [-0.4, -0.2) is 12.2 Å². The topological polar surface area (TPSA) is 29.5 Å². The summed E-state index contributed by atoms with van der Waals surface area (Å²) in [6.07, 6.45) is 0. The largest absolute Gasteiger partial charge is 0.505 e. The Morgan fingerprint density at radius 2 is 2.00 bits per heavy atom. The Morgan fingerprint density at radius 1 is 1.24 bits per heavy atom. The van der Waals surface area contributed by atoms with E-state index in [1.807, 2.05) is 0 Å². The van der Waals surface area contributed by atoms with Crippen LogP contribution in [0.2, 0.25) is 5.02 Å². The number of phenols is 1. The van der Waals surface area contributed by atoms with Crippen molar-refractivity contribution >= 4 is 11.6 Å². The maximum Gasteiger partial charge on any atom is 0.176 e. The maximum absolute atomic E-state index is 13.9. The second-order valence-electron chi connectivity index (χ2n) is 3.49. The Morgan fingerprint density at radius 3 is 2.65 bits per heavy atom. The van der Waals surface area contributed by atoms with Crippen LogP contribution in [0.15, 0.2) is 36.4 Å². The molecule has 0 saturated carbocycles. The van der Waals surface area contributed by atoms with E-state index in [1.165, 1.54) is 19.2 Å². The monoisotopic (exact) mass is 252 g/mol. The van der Waals surface area contributed by atoms with Crippen molar-refractivity contribution < 1.29 is 14.2 Å². The number of benzene rings is 2. The molecule has 0 saturated heterocycles. The molecule has 2 aromatic rings. The number of ether oxygens (including phenoxy) is 1. The number of hydrogen-bond donors (Lipinski definition) is 1. The summed E-state index contributed by atoms with van der Waals surface area (Å²) in [5.74, 6) is -0.782. The average Bonchev–Trinajstić information content (AvgIpc) is 2.32. The Kier molecular flexibility index (Phi) is 3.20. The molecule has 0 unspecified atom stereocenters. The summed E-state index contributed by atoms with van der Waals surface area (Å²) in [7, 11) is 1.44. The van der Waals surface area contributed by atoms with Crippen LogP contribution >= 0.6 is 11.6 Å². The summed E-state index contributed by atoms with van der Waals surface area (Å²) in [5.41, 5.74) is 0.762. The van der Waals surface area contributed by atoms with Gasteiger partial charge in [-0.2, -0.15) is 0 Å². The molecule has 1 N–H and O–H groups in total. The minimum absolute atomic E-state index is 0.204. The number of halogens is 2. The fraction of sp³-hybridized carbons (Fsp3) is 0.0769. The quantitative estimate of drug-likeness (QED) is 0.879. The molecule has 2 nitrogen and oxygen atoms in total. The van der Waals surface area contributed by atoms with Crippen molar-refractivity contribution in [3.05, 3.63) is 47.2 Å². The van der Waals surface area contributed by atoms with Crippen molar-refractivity contribution in [2.75, 3.05) is 7.11 Å². The maximum atomic E-state index is 13.9. The molecule has 0 atom stereocenters. The molecule has 0 amide bonds. The normalized spacial score (nSPS) is 10.3. The Hall–Kier alpha value is -1.74. The smallest absolute Gasteiger partial charge is 0.176 e. The number of phenolic OH excluding ortho intramolecular Hbond substituents is 1. The predicted octanol–water partition coefficient (Wildman–Crippen LogP) is 3.86.